The van der Waals surface area contributed by atoms with Gasteiger partial charge in [0.05, 0.1) is 6.21 Å². The van der Waals surface area contributed by atoms with Gasteiger partial charge < -0.3 is 0 Å². The molecule has 1 aliphatic carbocycles. The van der Waals surface area contributed by atoms with Crippen LogP contribution in [0.2, 0.25) is 5.02 Å². The molecule has 0 heterocycles. The van der Waals surface area contributed by atoms with E-state index in [0.717, 1.165) is 31.2 Å². The monoisotopic (exact) mass is 264 g/mol. The van der Waals surface area contributed by atoms with Crippen LogP contribution in [0.5, 0.6) is 0 Å². The Morgan fingerprint density at radius 3 is 2.83 bits per heavy atom. The van der Waals surface area contributed by atoms with Gasteiger partial charge in [-0.15, -0.1) is 0 Å². The number of hydrogen-bond acceptors (Lipinski definition) is 2. The highest BCUT2D eigenvalue weighted by Gasteiger charge is 2.20. The van der Waals surface area contributed by atoms with Crippen molar-refractivity contribution in [3.63, 3.8) is 0 Å². The molecule has 1 fully saturated rings. The maximum atomic E-state index is 11.8. The van der Waals surface area contributed by atoms with E-state index in [-0.39, 0.29) is 11.8 Å². The van der Waals surface area contributed by atoms with Gasteiger partial charge in [-0.3, -0.25) is 4.79 Å². The molecule has 1 saturated carbocycles. The van der Waals surface area contributed by atoms with E-state index in [9.17, 15) is 4.79 Å². The standard InChI is InChI=1S/C14H17ClN2O/c15-13-8-4-5-11(9-13)10-16-17-14(18)12-6-2-1-3-7-12/h4-5,8-10,12H,1-3,6-7H2,(H,17,18). The first-order valence-electron chi connectivity index (χ1n) is 6.34. The van der Waals surface area contributed by atoms with Gasteiger partial charge >= 0.3 is 0 Å². The lowest BCUT2D eigenvalue weighted by molar-refractivity contribution is -0.125. The summed E-state index contributed by atoms with van der Waals surface area (Å²) in [5.41, 5.74) is 3.49. The fraction of sp³-hybridized carbons (Fsp3) is 0.429. The van der Waals surface area contributed by atoms with Crippen molar-refractivity contribution in [3.8, 4) is 0 Å². The average Bonchev–Trinajstić information content (AvgIpc) is 2.40. The minimum absolute atomic E-state index is 0.0352. The van der Waals surface area contributed by atoms with Crippen LogP contribution in [0.1, 0.15) is 37.7 Å². The third-order valence-corrected chi connectivity index (χ3v) is 3.45. The van der Waals surface area contributed by atoms with E-state index >= 15 is 0 Å². The van der Waals surface area contributed by atoms with E-state index in [1.165, 1.54) is 6.42 Å². The van der Waals surface area contributed by atoms with Crippen molar-refractivity contribution in [2.45, 2.75) is 32.1 Å². The van der Waals surface area contributed by atoms with E-state index in [1.54, 1.807) is 18.3 Å². The molecule has 0 unspecified atom stereocenters. The van der Waals surface area contributed by atoms with Gasteiger partial charge in [-0.25, -0.2) is 5.43 Å². The van der Waals surface area contributed by atoms with Crippen molar-refractivity contribution in [3.05, 3.63) is 34.9 Å². The predicted molar refractivity (Wildman–Crippen MR) is 73.8 cm³/mol. The second kappa shape index (κ2) is 6.55. The number of halogens is 1. The first-order valence-corrected chi connectivity index (χ1v) is 6.72. The van der Waals surface area contributed by atoms with Crippen molar-refractivity contribution < 1.29 is 4.79 Å². The lowest BCUT2D eigenvalue weighted by atomic mass is 9.89. The van der Waals surface area contributed by atoms with E-state index in [1.807, 2.05) is 12.1 Å². The molecular weight excluding hydrogens is 248 g/mol. The SMILES string of the molecule is O=C(NN=Cc1cccc(Cl)c1)C1CCCCC1. The molecule has 0 radical (unpaired) electrons. The third kappa shape index (κ3) is 3.84. The molecule has 1 N–H and O–H groups in total. The molecule has 1 amide bonds. The number of amides is 1. The van der Waals surface area contributed by atoms with Gasteiger partial charge in [0.15, 0.2) is 0 Å². The van der Waals surface area contributed by atoms with Gasteiger partial charge in [-0.2, -0.15) is 5.10 Å². The van der Waals surface area contributed by atoms with Crippen molar-refractivity contribution in [1.82, 2.24) is 5.43 Å². The van der Waals surface area contributed by atoms with Crippen LogP contribution in [-0.4, -0.2) is 12.1 Å². The number of carbonyl (C=O) groups is 1. The zero-order valence-electron chi connectivity index (χ0n) is 10.2. The lowest BCUT2D eigenvalue weighted by Gasteiger charge is -2.19. The van der Waals surface area contributed by atoms with Crippen LogP contribution in [-0.2, 0) is 4.79 Å². The van der Waals surface area contributed by atoms with Gasteiger partial charge in [-0.05, 0) is 30.5 Å². The molecule has 0 spiro atoms. The smallest absolute Gasteiger partial charge is 0.243 e. The zero-order chi connectivity index (χ0) is 12.8. The summed E-state index contributed by atoms with van der Waals surface area (Å²) in [6.07, 6.45) is 7.13. The first kappa shape index (κ1) is 13.1. The first-order chi connectivity index (χ1) is 8.75. The summed E-state index contributed by atoms with van der Waals surface area (Å²) >= 11 is 5.86. The van der Waals surface area contributed by atoms with Crippen molar-refractivity contribution >= 4 is 23.7 Å². The van der Waals surface area contributed by atoms with Crippen molar-refractivity contribution in [1.29, 1.82) is 0 Å². The van der Waals surface area contributed by atoms with Gasteiger partial charge in [-0.1, -0.05) is 43.0 Å². The molecular formula is C14H17ClN2O. The Kier molecular flexibility index (Phi) is 4.76. The summed E-state index contributed by atoms with van der Waals surface area (Å²) < 4.78 is 0. The molecule has 0 bridgehead atoms. The minimum atomic E-state index is 0.0352. The Morgan fingerprint density at radius 1 is 1.33 bits per heavy atom. The molecule has 96 valence electrons. The van der Waals surface area contributed by atoms with Crippen LogP contribution in [0.25, 0.3) is 0 Å². The predicted octanol–water partition coefficient (Wildman–Crippen LogP) is 3.37. The maximum Gasteiger partial charge on any atom is 0.243 e. The topological polar surface area (TPSA) is 41.5 Å². The van der Waals surface area contributed by atoms with Crippen LogP contribution in [0, 0.1) is 5.92 Å². The van der Waals surface area contributed by atoms with Gasteiger partial charge in [0.2, 0.25) is 5.91 Å². The van der Waals surface area contributed by atoms with Crippen LogP contribution in [0.15, 0.2) is 29.4 Å². The third-order valence-electron chi connectivity index (χ3n) is 3.21. The molecule has 1 aromatic carbocycles. The summed E-state index contributed by atoms with van der Waals surface area (Å²) in [4.78, 5) is 11.8. The van der Waals surface area contributed by atoms with E-state index < -0.39 is 0 Å². The van der Waals surface area contributed by atoms with Crippen LogP contribution in [0.3, 0.4) is 0 Å². The summed E-state index contributed by atoms with van der Waals surface area (Å²) in [5, 5.41) is 4.64. The van der Waals surface area contributed by atoms with Crippen LogP contribution < -0.4 is 5.43 Å². The van der Waals surface area contributed by atoms with Gasteiger partial charge in [0.1, 0.15) is 0 Å². The average molecular weight is 265 g/mol. The molecule has 0 saturated heterocycles. The largest absolute Gasteiger partial charge is 0.273 e. The molecule has 0 aromatic heterocycles. The number of hydrazone groups is 1. The summed E-state index contributed by atoms with van der Waals surface area (Å²) in [5.74, 6) is 0.170. The highest BCUT2D eigenvalue weighted by Crippen LogP contribution is 2.23. The number of benzene rings is 1. The van der Waals surface area contributed by atoms with Crippen molar-refractivity contribution in [2.75, 3.05) is 0 Å². The van der Waals surface area contributed by atoms with Crippen molar-refractivity contribution in [2.24, 2.45) is 11.0 Å². The van der Waals surface area contributed by atoms with E-state index in [0.29, 0.717) is 5.02 Å². The Bertz CT molecular complexity index is 439. The fourth-order valence-electron chi connectivity index (χ4n) is 2.21. The second-order valence-corrected chi connectivity index (χ2v) is 5.06. The highest BCUT2D eigenvalue weighted by atomic mass is 35.5. The summed E-state index contributed by atoms with van der Waals surface area (Å²) in [7, 11) is 0. The number of nitrogens with zero attached hydrogens (tertiary/aromatic N) is 1. The molecule has 18 heavy (non-hydrogen) atoms. The number of rotatable bonds is 3. The molecule has 0 aliphatic heterocycles. The van der Waals surface area contributed by atoms with Gasteiger partial charge in [0, 0.05) is 10.9 Å². The van der Waals surface area contributed by atoms with Crippen LogP contribution >= 0.6 is 11.6 Å². The zero-order valence-corrected chi connectivity index (χ0v) is 11.0. The Morgan fingerprint density at radius 2 is 2.11 bits per heavy atom. The Labute approximate surface area is 112 Å². The highest BCUT2D eigenvalue weighted by molar-refractivity contribution is 6.30. The quantitative estimate of drug-likeness (QED) is 0.660. The van der Waals surface area contributed by atoms with E-state index in [4.69, 9.17) is 11.6 Å². The fourth-order valence-corrected chi connectivity index (χ4v) is 2.41. The molecule has 3 nitrogen and oxygen atoms in total. The van der Waals surface area contributed by atoms with E-state index in [2.05, 4.69) is 10.5 Å². The molecule has 1 aliphatic rings. The van der Waals surface area contributed by atoms with Gasteiger partial charge in [0.25, 0.3) is 0 Å². The molecule has 2 rings (SSSR count). The normalized spacial score (nSPS) is 16.9. The van der Waals surface area contributed by atoms with Crippen LogP contribution in [0.4, 0.5) is 0 Å². The molecule has 0 atom stereocenters. The Hall–Kier alpha value is -1.35. The lowest BCUT2D eigenvalue weighted by Crippen LogP contribution is -2.28. The minimum Gasteiger partial charge on any atom is -0.273 e. The Balaban J connectivity index is 1.85. The number of carbonyl (C=O) groups excluding carboxylic acids is 1. The summed E-state index contributed by atoms with van der Waals surface area (Å²) in [6, 6.07) is 7.35. The maximum absolute atomic E-state index is 11.8. The molecule has 1 aromatic rings. The number of nitrogens with one attached hydrogen (secondary N) is 1. The second-order valence-electron chi connectivity index (χ2n) is 4.62. The molecule has 4 heteroatoms. The summed E-state index contributed by atoms with van der Waals surface area (Å²) in [6.45, 7) is 0. The number of hydrogen-bond donors (Lipinski definition) is 1.